The van der Waals surface area contributed by atoms with Crippen molar-refractivity contribution in [2.45, 2.75) is 18.6 Å². The molecule has 6 nitrogen and oxygen atoms in total. The van der Waals surface area contributed by atoms with E-state index in [0.29, 0.717) is 11.3 Å². The Morgan fingerprint density at radius 2 is 1.38 bits per heavy atom. The lowest BCUT2D eigenvalue weighted by Crippen LogP contribution is -2.51. The molecule has 2 heterocycles. The summed E-state index contributed by atoms with van der Waals surface area (Å²) in [7, 11) is 0. The van der Waals surface area contributed by atoms with Gasteiger partial charge in [0.2, 0.25) is 29.0 Å². The molecule has 0 saturated carbocycles. The number of anilines is 1. The maximum absolute atomic E-state index is 13.9. The number of aryl methyl sites for hydroxylation is 1. The third-order valence-electron chi connectivity index (χ3n) is 7.10. The predicted octanol–water partition coefficient (Wildman–Crippen LogP) is 4.45. The van der Waals surface area contributed by atoms with Crippen LogP contribution in [-0.4, -0.2) is 29.0 Å². The van der Waals surface area contributed by atoms with E-state index >= 15 is 0 Å². The summed E-state index contributed by atoms with van der Waals surface area (Å²) in [5, 5.41) is 0. The van der Waals surface area contributed by atoms with Crippen LogP contribution in [0.5, 0.6) is 0 Å². The second-order valence-electron chi connectivity index (χ2n) is 8.83. The minimum atomic E-state index is -2.06. The fourth-order valence-electron chi connectivity index (χ4n) is 5.55. The van der Waals surface area contributed by atoms with Gasteiger partial charge in [-0.15, -0.1) is 0 Å². The van der Waals surface area contributed by atoms with Crippen molar-refractivity contribution in [3.05, 3.63) is 99.5 Å². The van der Waals surface area contributed by atoms with Gasteiger partial charge in [0.25, 0.3) is 0 Å². The summed E-state index contributed by atoms with van der Waals surface area (Å²) in [6, 6.07) is 20.6. The maximum atomic E-state index is 13.9. The summed E-state index contributed by atoms with van der Waals surface area (Å²) >= 11 is 3.36. The Hall–Kier alpha value is -3.42. The van der Waals surface area contributed by atoms with Gasteiger partial charge in [-0.1, -0.05) is 64.5 Å². The molecular weight excluding hydrogens is 498 g/mol. The van der Waals surface area contributed by atoms with Gasteiger partial charge in [-0.3, -0.25) is 19.2 Å². The number of ether oxygens (including phenoxy) is 1. The van der Waals surface area contributed by atoms with Crippen molar-refractivity contribution in [1.29, 1.82) is 0 Å². The van der Waals surface area contributed by atoms with E-state index in [1.807, 2.05) is 31.2 Å². The Kier molecular flexibility index (Phi) is 4.53. The largest absolute Gasteiger partial charge is 0.349 e. The first-order valence-corrected chi connectivity index (χ1v) is 11.7. The number of hydrogen-bond acceptors (Lipinski definition) is 5. The summed E-state index contributed by atoms with van der Waals surface area (Å²) < 4.78 is 7.12. The van der Waals surface area contributed by atoms with E-state index in [1.54, 1.807) is 48.5 Å². The lowest BCUT2D eigenvalue weighted by molar-refractivity contribution is -0.127. The van der Waals surface area contributed by atoms with Crippen molar-refractivity contribution in [2.75, 3.05) is 4.90 Å². The molecule has 3 aliphatic rings. The standard InChI is InChI=1S/C27H18BrNO5/c1-14-6-2-3-7-17(14)22-20-21(26(33)29(25(20)32)16-12-10-15(28)11-13-16)27(34-22)23(30)18-8-4-5-9-19(18)24(27)31/h2-13,20-22H,1H3/t20-,21-,22+/m0/s1. The molecule has 0 bridgehead atoms. The molecule has 3 aromatic rings. The monoisotopic (exact) mass is 515 g/mol. The van der Waals surface area contributed by atoms with Crippen LogP contribution in [0, 0.1) is 18.8 Å². The van der Waals surface area contributed by atoms with E-state index in [0.717, 1.165) is 14.9 Å². The van der Waals surface area contributed by atoms with Gasteiger partial charge < -0.3 is 4.74 Å². The molecule has 7 heteroatoms. The Morgan fingerprint density at radius 1 is 0.794 bits per heavy atom. The van der Waals surface area contributed by atoms with Gasteiger partial charge in [0.15, 0.2) is 0 Å². The molecular formula is C27H18BrNO5. The van der Waals surface area contributed by atoms with Gasteiger partial charge >= 0.3 is 0 Å². The molecule has 0 radical (unpaired) electrons. The maximum Gasteiger partial charge on any atom is 0.241 e. The van der Waals surface area contributed by atoms with Crippen molar-refractivity contribution in [3.63, 3.8) is 0 Å². The zero-order valence-corrected chi connectivity index (χ0v) is 19.6. The first-order chi connectivity index (χ1) is 16.4. The Labute approximate surface area is 203 Å². The number of ketones is 2. The van der Waals surface area contributed by atoms with Crippen molar-refractivity contribution < 1.29 is 23.9 Å². The molecule has 0 unspecified atom stereocenters. The summed E-state index contributed by atoms with van der Waals surface area (Å²) in [4.78, 5) is 56.2. The third-order valence-corrected chi connectivity index (χ3v) is 7.63. The number of carbonyl (C=O) groups excluding carboxylic acids is 4. The van der Waals surface area contributed by atoms with Crippen molar-refractivity contribution in [2.24, 2.45) is 11.8 Å². The highest BCUT2D eigenvalue weighted by molar-refractivity contribution is 9.10. The number of Topliss-reactive ketones (excluding diaryl/α,β-unsaturated/α-hetero) is 2. The first-order valence-electron chi connectivity index (χ1n) is 10.9. The van der Waals surface area contributed by atoms with Crippen LogP contribution in [0.1, 0.15) is 37.9 Å². The van der Waals surface area contributed by atoms with Crippen molar-refractivity contribution >= 4 is 45.0 Å². The number of hydrogen-bond donors (Lipinski definition) is 0. The zero-order valence-electron chi connectivity index (χ0n) is 18.0. The van der Waals surface area contributed by atoms with E-state index in [1.165, 1.54) is 0 Å². The average Bonchev–Trinajstić information content (AvgIpc) is 3.40. The number of imide groups is 1. The van der Waals surface area contributed by atoms with Crippen molar-refractivity contribution in [1.82, 2.24) is 0 Å². The van der Waals surface area contributed by atoms with Gasteiger partial charge in [0, 0.05) is 15.6 Å². The molecule has 168 valence electrons. The molecule has 0 N–H and O–H groups in total. The lowest BCUT2D eigenvalue weighted by Gasteiger charge is -2.27. The van der Waals surface area contributed by atoms with Gasteiger partial charge in [-0.05, 0) is 42.3 Å². The normalized spacial score (nSPS) is 24.8. The van der Waals surface area contributed by atoms with E-state index in [4.69, 9.17) is 4.74 Å². The molecule has 2 amide bonds. The molecule has 0 aromatic heterocycles. The quantitative estimate of drug-likeness (QED) is 0.372. The minimum Gasteiger partial charge on any atom is -0.349 e. The minimum absolute atomic E-state index is 0.221. The van der Waals surface area contributed by atoms with E-state index < -0.39 is 46.9 Å². The van der Waals surface area contributed by atoms with Crippen LogP contribution in [0.15, 0.2) is 77.3 Å². The number of fused-ring (bicyclic) bond motifs is 3. The van der Waals surface area contributed by atoms with Crippen LogP contribution < -0.4 is 4.90 Å². The van der Waals surface area contributed by atoms with Crippen LogP contribution in [0.25, 0.3) is 0 Å². The highest BCUT2D eigenvalue weighted by Crippen LogP contribution is 2.58. The lowest BCUT2D eigenvalue weighted by atomic mass is 9.77. The highest BCUT2D eigenvalue weighted by Gasteiger charge is 2.74. The summed E-state index contributed by atoms with van der Waals surface area (Å²) in [6.45, 7) is 1.87. The predicted molar refractivity (Wildman–Crippen MR) is 126 cm³/mol. The van der Waals surface area contributed by atoms with E-state index in [2.05, 4.69) is 15.9 Å². The number of carbonyl (C=O) groups is 4. The Morgan fingerprint density at radius 3 is 2.00 bits per heavy atom. The molecule has 1 aliphatic carbocycles. The van der Waals surface area contributed by atoms with Gasteiger partial charge in [-0.2, -0.15) is 0 Å². The number of amides is 2. The average molecular weight is 516 g/mol. The molecule has 34 heavy (non-hydrogen) atoms. The molecule has 2 fully saturated rings. The molecule has 2 aliphatic heterocycles. The van der Waals surface area contributed by atoms with Crippen LogP contribution >= 0.6 is 15.9 Å². The molecule has 2 saturated heterocycles. The second-order valence-corrected chi connectivity index (χ2v) is 9.74. The van der Waals surface area contributed by atoms with E-state index in [9.17, 15) is 19.2 Å². The second kappa shape index (κ2) is 7.29. The summed E-state index contributed by atoms with van der Waals surface area (Å²) in [5.74, 6) is -4.43. The number of benzene rings is 3. The highest BCUT2D eigenvalue weighted by atomic mass is 79.9. The fourth-order valence-corrected chi connectivity index (χ4v) is 5.81. The first kappa shape index (κ1) is 21.1. The van der Waals surface area contributed by atoms with Crippen molar-refractivity contribution in [3.8, 4) is 0 Å². The zero-order chi connectivity index (χ0) is 23.8. The van der Waals surface area contributed by atoms with Gasteiger partial charge in [-0.25, -0.2) is 4.90 Å². The van der Waals surface area contributed by atoms with Gasteiger partial charge in [0.05, 0.1) is 23.6 Å². The Bertz CT molecular complexity index is 1380. The van der Waals surface area contributed by atoms with Crippen LogP contribution in [0.3, 0.4) is 0 Å². The topological polar surface area (TPSA) is 80.8 Å². The molecule has 6 rings (SSSR count). The fraction of sp³-hybridized carbons (Fsp3) is 0.185. The number of halogens is 1. The van der Waals surface area contributed by atoms with Crippen LogP contribution in [0.4, 0.5) is 5.69 Å². The molecule has 1 spiro atoms. The van der Waals surface area contributed by atoms with Gasteiger partial charge in [0.1, 0.15) is 0 Å². The SMILES string of the molecule is Cc1ccccc1[C@H]1OC2(C(=O)c3ccccc3C2=O)[C@@H]2C(=O)N(c3ccc(Br)cc3)C(=O)[C@H]12. The molecule has 3 aromatic carbocycles. The van der Waals surface area contributed by atoms with Crippen LogP contribution in [0.2, 0.25) is 0 Å². The number of rotatable bonds is 2. The summed E-state index contributed by atoms with van der Waals surface area (Å²) in [6.07, 6.45) is -0.912. The summed E-state index contributed by atoms with van der Waals surface area (Å²) in [5.41, 5.74) is 0.309. The smallest absolute Gasteiger partial charge is 0.241 e. The third kappa shape index (κ3) is 2.59. The Balaban J connectivity index is 1.56. The number of nitrogens with zero attached hydrogens (tertiary/aromatic N) is 1. The van der Waals surface area contributed by atoms with Crippen LogP contribution in [-0.2, 0) is 14.3 Å². The van der Waals surface area contributed by atoms with E-state index in [-0.39, 0.29) is 11.1 Å². The molecule has 3 atom stereocenters.